The fourth-order valence-electron chi connectivity index (χ4n) is 3.54. The Hall–Kier alpha value is -2.89. The molecule has 0 saturated carbocycles. The minimum Gasteiger partial charge on any atom is -0.507 e. The molecule has 1 N–H and O–H groups in total. The Morgan fingerprint density at radius 1 is 1.18 bits per heavy atom. The minimum atomic E-state index is -0.145. The van der Waals surface area contributed by atoms with Crippen molar-refractivity contribution in [3.8, 4) is 11.5 Å². The van der Waals surface area contributed by atoms with Gasteiger partial charge >= 0.3 is 0 Å². The molecule has 0 amide bonds. The number of Topliss-reactive ketones (excluding diaryl/α,β-unsaturated/α-hetero) is 1. The lowest BCUT2D eigenvalue weighted by molar-refractivity contribution is 0.0336. The number of rotatable bonds is 4. The van der Waals surface area contributed by atoms with Crippen molar-refractivity contribution in [3.05, 3.63) is 76.6 Å². The molecule has 0 spiro atoms. The number of nitrogens with zero attached hydrogens (tertiary/aromatic N) is 1. The summed E-state index contributed by atoms with van der Waals surface area (Å²) in [5.74, 6) is 0.775. The van der Waals surface area contributed by atoms with Crippen LogP contribution in [-0.2, 0) is 11.3 Å². The number of phenols is 1. The number of benzene rings is 2. The van der Waals surface area contributed by atoms with Crippen LogP contribution in [0, 0.1) is 6.92 Å². The topological polar surface area (TPSA) is 59.0 Å². The average molecular weight is 377 g/mol. The van der Waals surface area contributed by atoms with E-state index in [1.807, 2.05) is 49.4 Å². The van der Waals surface area contributed by atoms with E-state index in [1.54, 1.807) is 12.1 Å². The van der Waals surface area contributed by atoms with Gasteiger partial charge in [-0.15, -0.1) is 0 Å². The number of hydrogen-bond donors (Lipinski definition) is 1. The lowest BCUT2D eigenvalue weighted by atomic mass is 9.99. The second-order valence-corrected chi connectivity index (χ2v) is 7.02. The van der Waals surface area contributed by atoms with Gasteiger partial charge in [0.15, 0.2) is 5.76 Å². The molecule has 0 unspecified atom stereocenters. The SMILES string of the molecule is Cc1cc(O)c(CN2CCOCC2)c2c1C(=O)/C(=C/C=C/c1ccccc1)O2. The smallest absolute Gasteiger partial charge is 0.232 e. The van der Waals surface area contributed by atoms with Crippen LogP contribution in [0.3, 0.4) is 0 Å². The third-order valence-corrected chi connectivity index (χ3v) is 5.04. The maximum Gasteiger partial charge on any atom is 0.232 e. The van der Waals surface area contributed by atoms with Crippen LogP contribution < -0.4 is 4.74 Å². The standard InChI is InChI=1S/C23H23NO4/c1-16-14-19(25)18(15-24-10-12-27-13-11-24)23-21(16)22(26)20(28-23)9-5-8-17-6-3-2-4-7-17/h2-9,14,25H,10-13,15H2,1H3/b8-5+,20-9-. The van der Waals surface area contributed by atoms with Crippen LogP contribution in [0.25, 0.3) is 6.08 Å². The third-order valence-electron chi connectivity index (χ3n) is 5.04. The predicted molar refractivity (Wildman–Crippen MR) is 107 cm³/mol. The van der Waals surface area contributed by atoms with Crippen molar-refractivity contribution in [2.75, 3.05) is 26.3 Å². The number of aromatic hydroxyl groups is 1. The lowest BCUT2D eigenvalue weighted by Crippen LogP contribution is -2.35. The van der Waals surface area contributed by atoms with Crippen LogP contribution >= 0.6 is 0 Å². The van der Waals surface area contributed by atoms with Gasteiger partial charge in [0.1, 0.15) is 11.5 Å². The third kappa shape index (κ3) is 3.72. The largest absolute Gasteiger partial charge is 0.507 e. The number of allylic oxidation sites excluding steroid dienone is 3. The van der Waals surface area contributed by atoms with Crippen molar-refractivity contribution in [2.45, 2.75) is 13.5 Å². The van der Waals surface area contributed by atoms with Crippen LogP contribution in [0.2, 0.25) is 0 Å². The quantitative estimate of drug-likeness (QED) is 0.824. The molecular weight excluding hydrogens is 354 g/mol. The van der Waals surface area contributed by atoms with Gasteiger partial charge in [0.25, 0.3) is 0 Å². The molecule has 1 saturated heterocycles. The number of phenolic OH excluding ortho intramolecular Hbond substituents is 1. The number of ketones is 1. The number of carbonyl (C=O) groups is 1. The molecule has 28 heavy (non-hydrogen) atoms. The second-order valence-electron chi connectivity index (χ2n) is 7.02. The molecule has 2 aliphatic heterocycles. The van der Waals surface area contributed by atoms with Crippen LogP contribution in [0.15, 0.2) is 54.3 Å². The van der Waals surface area contributed by atoms with Crippen LogP contribution in [0.4, 0.5) is 0 Å². The Kier molecular flexibility index (Phi) is 5.28. The van der Waals surface area contributed by atoms with Gasteiger partial charge in [-0.2, -0.15) is 0 Å². The first-order valence-corrected chi connectivity index (χ1v) is 9.45. The Morgan fingerprint density at radius 3 is 2.68 bits per heavy atom. The summed E-state index contributed by atoms with van der Waals surface area (Å²) in [7, 11) is 0. The number of hydrogen-bond acceptors (Lipinski definition) is 5. The Balaban J connectivity index is 1.61. The van der Waals surface area contributed by atoms with Crippen LogP contribution in [0.5, 0.6) is 11.5 Å². The van der Waals surface area contributed by atoms with E-state index in [9.17, 15) is 9.90 Å². The minimum absolute atomic E-state index is 0.145. The lowest BCUT2D eigenvalue weighted by Gasteiger charge is -2.27. The maximum atomic E-state index is 12.9. The molecule has 2 aromatic rings. The van der Waals surface area contributed by atoms with Gasteiger partial charge < -0.3 is 14.6 Å². The second kappa shape index (κ2) is 8.00. The van der Waals surface area contributed by atoms with Crippen molar-refractivity contribution in [1.82, 2.24) is 4.90 Å². The van der Waals surface area contributed by atoms with Crippen molar-refractivity contribution in [3.63, 3.8) is 0 Å². The van der Waals surface area contributed by atoms with Crippen molar-refractivity contribution < 1.29 is 19.4 Å². The molecule has 0 aliphatic carbocycles. The van der Waals surface area contributed by atoms with E-state index in [0.717, 1.165) is 24.2 Å². The molecule has 0 radical (unpaired) electrons. The first-order valence-electron chi connectivity index (χ1n) is 9.45. The predicted octanol–water partition coefficient (Wildman–Crippen LogP) is 3.71. The monoisotopic (exact) mass is 377 g/mol. The highest BCUT2D eigenvalue weighted by atomic mass is 16.5. The zero-order valence-electron chi connectivity index (χ0n) is 15.9. The summed E-state index contributed by atoms with van der Waals surface area (Å²) in [6.07, 6.45) is 5.42. The summed E-state index contributed by atoms with van der Waals surface area (Å²) < 4.78 is 11.3. The number of morpholine rings is 1. The molecule has 0 aromatic heterocycles. The maximum absolute atomic E-state index is 12.9. The summed E-state index contributed by atoms with van der Waals surface area (Å²) in [4.78, 5) is 15.1. The zero-order chi connectivity index (χ0) is 19.5. The Labute approximate surface area is 164 Å². The fraction of sp³-hybridized carbons (Fsp3) is 0.261. The van der Waals surface area contributed by atoms with Gasteiger partial charge in [-0.3, -0.25) is 9.69 Å². The van der Waals surface area contributed by atoms with E-state index >= 15 is 0 Å². The Bertz CT molecular complexity index is 941. The first kappa shape index (κ1) is 18.5. The summed E-state index contributed by atoms with van der Waals surface area (Å²) in [5, 5.41) is 10.5. The molecule has 5 nitrogen and oxygen atoms in total. The van der Waals surface area contributed by atoms with Gasteiger partial charge in [-0.05, 0) is 30.2 Å². The Morgan fingerprint density at radius 2 is 1.93 bits per heavy atom. The van der Waals surface area contributed by atoms with E-state index in [-0.39, 0.29) is 17.3 Å². The fourth-order valence-corrected chi connectivity index (χ4v) is 3.54. The number of carbonyl (C=O) groups excluding carboxylic acids is 1. The van der Waals surface area contributed by atoms with E-state index in [2.05, 4.69) is 4.90 Å². The normalized spacial score (nSPS) is 18.6. The molecule has 0 bridgehead atoms. The highest BCUT2D eigenvalue weighted by Crippen LogP contribution is 2.42. The summed E-state index contributed by atoms with van der Waals surface area (Å²) in [6, 6.07) is 11.5. The zero-order valence-corrected chi connectivity index (χ0v) is 15.9. The summed E-state index contributed by atoms with van der Waals surface area (Å²) >= 11 is 0. The summed E-state index contributed by atoms with van der Waals surface area (Å²) in [6.45, 7) is 5.27. The molecular formula is C23H23NO4. The summed E-state index contributed by atoms with van der Waals surface area (Å²) in [5.41, 5.74) is 2.97. The first-order chi connectivity index (χ1) is 13.6. The van der Waals surface area contributed by atoms with Gasteiger partial charge in [-0.25, -0.2) is 0 Å². The number of ether oxygens (including phenoxy) is 2. The average Bonchev–Trinajstić information content (AvgIpc) is 3.04. The van der Waals surface area contributed by atoms with Crippen LogP contribution in [0.1, 0.15) is 27.0 Å². The van der Waals surface area contributed by atoms with Gasteiger partial charge in [0.05, 0.1) is 24.3 Å². The molecule has 5 heteroatoms. The molecule has 2 aliphatic rings. The highest BCUT2D eigenvalue weighted by Gasteiger charge is 2.33. The molecule has 2 aromatic carbocycles. The molecule has 0 atom stereocenters. The van der Waals surface area contributed by atoms with E-state index in [0.29, 0.717) is 36.6 Å². The van der Waals surface area contributed by atoms with Crippen molar-refractivity contribution >= 4 is 11.9 Å². The van der Waals surface area contributed by atoms with E-state index < -0.39 is 0 Å². The highest BCUT2D eigenvalue weighted by molar-refractivity contribution is 6.13. The molecule has 144 valence electrons. The van der Waals surface area contributed by atoms with Crippen LogP contribution in [-0.4, -0.2) is 42.1 Å². The van der Waals surface area contributed by atoms with E-state index in [4.69, 9.17) is 9.47 Å². The van der Waals surface area contributed by atoms with Gasteiger partial charge in [0, 0.05) is 19.6 Å². The van der Waals surface area contributed by atoms with Crippen molar-refractivity contribution in [1.29, 1.82) is 0 Å². The van der Waals surface area contributed by atoms with Crippen molar-refractivity contribution in [2.24, 2.45) is 0 Å². The van der Waals surface area contributed by atoms with E-state index in [1.165, 1.54) is 0 Å². The number of aryl methyl sites for hydroxylation is 1. The van der Waals surface area contributed by atoms with Gasteiger partial charge in [0.2, 0.25) is 5.78 Å². The molecule has 1 fully saturated rings. The molecule has 2 heterocycles. The number of fused-ring (bicyclic) bond motifs is 1. The van der Waals surface area contributed by atoms with Gasteiger partial charge in [-0.1, -0.05) is 42.5 Å². The molecule has 4 rings (SSSR count).